The van der Waals surface area contributed by atoms with Crippen LogP contribution in [0, 0.1) is 0 Å². The summed E-state index contributed by atoms with van der Waals surface area (Å²) >= 11 is 0. The molecule has 1 unspecified atom stereocenters. The summed E-state index contributed by atoms with van der Waals surface area (Å²) in [6.45, 7) is 4.70. The topological polar surface area (TPSA) is 0 Å². The summed E-state index contributed by atoms with van der Waals surface area (Å²) in [5.74, 6) is 0. The maximum atomic E-state index is 2.35. The highest BCUT2D eigenvalue weighted by atomic mass is 31.1. The Morgan fingerprint density at radius 2 is 2.00 bits per heavy atom. The maximum absolute atomic E-state index is 2.35. The van der Waals surface area contributed by atoms with Crippen molar-refractivity contribution in [3.8, 4) is 0 Å². The minimum Gasteiger partial charge on any atom is -0.116 e. The van der Waals surface area contributed by atoms with Gasteiger partial charge in [-0.3, -0.25) is 0 Å². The van der Waals surface area contributed by atoms with Crippen molar-refractivity contribution in [2.45, 2.75) is 44.7 Å². The summed E-state index contributed by atoms with van der Waals surface area (Å²) in [4.78, 5) is 0. The molecule has 1 heteroatoms. The van der Waals surface area contributed by atoms with E-state index in [1.807, 2.05) is 0 Å². The molecular formula is C8H17P. The fourth-order valence-corrected chi connectivity index (χ4v) is 3.46. The van der Waals surface area contributed by atoms with Gasteiger partial charge in [0, 0.05) is 0 Å². The van der Waals surface area contributed by atoms with Crippen LogP contribution in [-0.4, -0.2) is 11.3 Å². The van der Waals surface area contributed by atoms with Crippen molar-refractivity contribution in [3.05, 3.63) is 0 Å². The first-order chi connectivity index (χ1) is 4.33. The third-order valence-corrected chi connectivity index (χ3v) is 5.00. The normalized spacial score (nSPS) is 27.3. The van der Waals surface area contributed by atoms with Crippen molar-refractivity contribution in [2.75, 3.05) is 6.16 Å². The largest absolute Gasteiger partial charge is 0.116 e. The van der Waals surface area contributed by atoms with Crippen molar-refractivity contribution in [3.63, 3.8) is 0 Å². The zero-order valence-electron chi connectivity index (χ0n) is 6.54. The Kier molecular flexibility index (Phi) is 2.52. The van der Waals surface area contributed by atoms with Crippen LogP contribution in [0.15, 0.2) is 0 Å². The van der Waals surface area contributed by atoms with Gasteiger partial charge < -0.3 is 0 Å². The molecule has 9 heavy (non-hydrogen) atoms. The maximum Gasteiger partial charge on any atom is -0.0127 e. The predicted octanol–water partition coefficient (Wildman–Crippen LogP) is 3.02. The minimum atomic E-state index is 0.806. The molecule has 0 aromatic rings. The van der Waals surface area contributed by atoms with Gasteiger partial charge in [0.05, 0.1) is 0 Å². The van der Waals surface area contributed by atoms with Crippen molar-refractivity contribution in [1.29, 1.82) is 0 Å². The van der Waals surface area contributed by atoms with E-state index in [2.05, 4.69) is 13.8 Å². The van der Waals surface area contributed by atoms with E-state index in [1.165, 1.54) is 40.4 Å². The van der Waals surface area contributed by atoms with Gasteiger partial charge in [-0.1, -0.05) is 13.8 Å². The lowest BCUT2D eigenvalue weighted by molar-refractivity contribution is 0.522. The molecule has 0 spiro atoms. The third kappa shape index (κ3) is 1.46. The van der Waals surface area contributed by atoms with Gasteiger partial charge >= 0.3 is 0 Å². The van der Waals surface area contributed by atoms with Gasteiger partial charge in [-0.15, -0.1) is 8.58 Å². The molecule has 0 radical (unpaired) electrons. The fourth-order valence-electron chi connectivity index (χ4n) is 1.72. The second-order valence-electron chi connectivity index (χ2n) is 3.02. The van der Waals surface area contributed by atoms with Gasteiger partial charge in [0.15, 0.2) is 0 Å². The van der Waals surface area contributed by atoms with Crippen LogP contribution in [0.2, 0.25) is 0 Å². The Bertz CT molecular complexity index is 76.6. The Morgan fingerprint density at radius 1 is 1.33 bits per heavy atom. The molecule has 0 N–H and O–H groups in total. The average molecular weight is 144 g/mol. The summed E-state index contributed by atoms with van der Waals surface area (Å²) in [7, 11) is 1.27. The lowest BCUT2D eigenvalue weighted by Crippen LogP contribution is -2.15. The molecule has 0 amide bonds. The Morgan fingerprint density at radius 3 is 2.22 bits per heavy atom. The second-order valence-corrected chi connectivity index (χ2v) is 4.93. The van der Waals surface area contributed by atoms with Crippen molar-refractivity contribution in [1.82, 2.24) is 0 Å². The Hall–Kier alpha value is 0.430. The lowest BCUT2D eigenvalue weighted by Gasteiger charge is -2.24. The molecule has 0 saturated carbocycles. The molecule has 1 aliphatic rings. The molecule has 0 bridgehead atoms. The van der Waals surface area contributed by atoms with Gasteiger partial charge in [-0.25, -0.2) is 0 Å². The van der Waals surface area contributed by atoms with Crippen LogP contribution in [0.4, 0.5) is 0 Å². The van der Waals surface area contributed by atoms with Crippen LogP contribution in [0.25, 0.3) is 0 Å². The SMILES string of the molecule is CCC1(CC)CCCP1. The van der Waals surface area contributed by atoms with Gasteiger partial charge in [0.1, 0.15) is 0 Å². The smallest absolute Gasteiger partial charge is 0.0127 e. The van der Waals surface area contributed by atoms with Crippen molar-refractivity contribution < 1.29 is 0 Å². The van der Waals surface area contributed by atoms with E-state index in [4.69, 9.17) is 0 Å². The molecule has 0 aromatic carbocycles. The molecule has 1 fully saturated rings. The molecule has 1 atom stereocenters. The van der Waals surface area contributed by atoms with E-state index in [0.29, 0.717) is 0 Å². The van der Waals surface area contributed by atoms with E-state index in [-0.39, 0.29) is 0 Å². The van der Waals surface area contributed by atoms with Crippen LogP contribution in [0.3, 0.4) is 0 Å². The lowest BCUT2D eigenvalue weighted by atomic mass is 9.97. The van der Waals surface area contributed by atoms with E-state index in [9.17, 15) is 0 Å². The van der Waals surface area contributed by atoms with Gasteiger partial charge in [-0.2, -0.15) is 0 Å². The van der Waals surface area contributed by atoms with Crippen molar-refractivity contribution in [2.24, 2.45) is 0 Å². The average Bonchev–Trinajstić information content (AvgIpc) is 2.36. The number of hydrogen-bond donors (Lipinski definition) is 0. The molecule has 1 rings (SSSR count). The van der Waals surface area contributed by atoms with E-state index in [1.54, 1.807) is 0 Å². The van der Waals surface area contributed by atoms with Crippen LogP contribution in [0.1, 0.15) is 39.5 Å². The molecule has 0 aliphatic carbocycles. The fraction of sp³-hybridized carbons (Fsp3) is 1.00. The van der Waals surface area contributed by atoms with Gasteiger partial charge in [-0.05, 0) is 37.0 Å². The van der Waals surface area contributed by atoms with E-state index >= 15 is 0 Å². The summed E-state index contributed by atoms with van der Waals surface area (Å²) in [6, 6.07) is 0. The van der Waals surface area contributed by atoms with Crippen LogP contribution >= 0.6 is 8.58 Å². The molecule has 0 nitrogen and oxygen atoms in total. The zero-order chi connectivity index (χ0) is 6.74. The summed E-state index contributed by atoms with van der Waals surface area (Å²) < 4.78 is 0. The number of rotatable bonds is 2. The quantitative estimate of drug-likeness (QED) is 0.522. The summed E-state index contributed by atoms with van der Waals surface area (Å²) in [5, 5.41) is 0.806. The highest BCUT2D eigenvalue weighted by Crippen LogP contribution is 2.47. The Labute approximate surface area is 60.2 Å². The zero-order valence-corrected chi connectivity index (χ0v) is 7.54. The number of hydrogen-bond acceptors (Lipinski definition) is 0. The molecule has 1 aliphatic heterocycles. The highest BCUT2D eigenvalue weighted by molar-refractivity contribution is 7.40. The molecular weight excluding hydrogens is 127 g/mol. The predicted molar refractivity (Wildman–Crippen MR) is 45.7 cm³/mol. The minimum absolute atomic E-state index is 0.806. The summed E-state index contributed by atoms with van der Waals surface area (Å²) in [5.41, 5.74) is 0. The highest BCUT2D eigenvalue weighted by Gasteiger charge is 2.29. The van der Waals surface area contributed by atoms with Gasteiger partial charge in [0.25, 0.3) is 0 Å². The van der Waals surface area contributed by atoms with Crippen LogP contribution in [0.5, 0.6) is 0 Å². The van der Waals surface area contributed by atoms with Crippen molar-refractivity contribution >= 4 is 8.58 Å². The Balaban J connectivity index is 2.45. The van der Waals surface area contributed by atoms with Gasteiger partial charge in [0.2, 0.25) is 0 Å². The molecule has 1 saturated heterocycles. The van der Waals surface area contributed by atoms with E-state index < -0.39 is 0 Å². The van der Waals surface area contributed by atoms with E-state index in [0.717, 1.165) is 5.16 Å². The second kappa shape index (κ2) is 3.01. The molecule has 1 heterocycles. The van der Waals surface area contributed by atoms with Crippen LogP contribution in [-0.2, 0) is 0 Å². The van der Waals surface area contributed by atoms with Crippen LogP contribution < -0.4 is 0 Å². The standard InChI is InChI=1S/C8H17P/c1-3-8(4-2)6-5-7-9-8/h9H,3-7H2,1-2H3. The molecule has 54 valence electrons. The first-order valence-corrected chi connectivity index (χ1v) is 5.29. The monoisotopic (exact) mass is 144 g/mol. The third-order valence-electron chi connectivity index (χ3n) is 2.69. The molecule has 0 aromatic heterocycles. The first-order valence-electron chi connectivity index (χ1n) is 4.08. The first kappa shape index (κ1) is 7.54. The summed E-state index contributed by atoms with van der Waals surface area (Å²) in [6.07, 6.45) is 7.37.